The maximum absolute atomic E-state index is 11.9. The van der Waals surface area contributed by atoms with E-state index < -0.39 is 11.4 Å². The van der Waals surface area contributed by atoms with Crippen LogP contribution in [0.3, 0.4) is 0 Å². The Morgan fingerprint density at radius 1 is 1.39 bits per heavy atom. The highest BCUT2D eigenvalue weighted by atomic mass is 16.4. The number of pyridine rings is 1. The molecule has 1 aromatic rings. The van der Waals surface area contributed by atoms with Crippen LogP contribution in [0.25, 0.3) is 0 Å². The summed E-state index contributed by atoms with van der Waals surface area (Å²) < 4.78 is 0. The highest BCUT2D eigenvalue weighted by Crippen LogP contribution is 2.21. The third-order valence-electron chi connectivity index (χ3n) is 2.72. The average molecular weight is 250 g/mol. The number of nitrogens with zero attached hydrogens (tertiary/aromatic N) is 2. The lowest BCUT2D eigenvalue weighted by Crippen LogP contribution is -2.34. The van der Waals surface area contributed by atoms with E-state index in [1.54, 1.807) is 33.2 Å². The lowest BCUT2D eigenvalue weighted by molar-refractivity contribution is -0.151. The van der Waals surface area contributed by atoms with Crippen molar-refractivity contribution in [3.8, 4) is 0 Å². The number of aromatic nitrogens is 1. The second-order valence-electron chi connectivity index (χ2n) is 4.94. The highest BCUT2D eigenvalue weighted by Gasteiger charge is 2.31. The summed E-state index contributed by atoms with van der Waals surface area (Å²) in [4.78, 5) is 28.5. The van der Waals surface area contributed by atoms with E-state index in [1.165, 1.54) is 4.90 Å². The van der Waals surface area contributed by atoms with Gasteiger partial charge in [0.15, 0.2) is 0 Å². The SMILES string of the molecule is CN(Cc1ccccn1)C(=O)CC(C)(C)C(=O)O. The molecule has 0 saturated carbocycles. The van der Waals surface area contributed by atoms with Crippen LogP contribution in [0.2, 0.25) is 0 Å². The molecule has 18 heavy (non-hydrogen) atoms. The minimum absolute atomic E-state index is 0.0222. The van der Waals surface area contributed by atoms with E-state index in [2.05, 4.69) is 4.98 Å². The summed E-state index contributed by atoms with van der Waals surface area (Å²) in [5.41, 5.74) is -0.267. The summed E-state index contributed by atoms with van der Waals surface area (Å²) in [5.74, 6) is -1.17. The van der Waals surface area contributed by atoms with Gasteiger partial charge < -0.3 is 10.0 Å². The van der Waals surface area contributed by atoms with Crippen molar-refractivity contribution in [1.29, 1.82) is 0 Å². The molecule has 0 aromatic carbocycles. The quantitative estimate of drug-likeness (QED) is 0.860. The number of hydrogen-bond acceptors (Lipinski definition) is 3. The number of rotatable bonds is 5. The van der Waals surface area contributed by atoms with Gasteiger partial charge >= 0.3 is 5.97 Å². The number of aliphatic carboxylic acids is 1. The lowest BCUT2D eigenvalue weighted by Gasteiger charge is -2.23. The molecule has 0 saturated heterocycles. The first-order valence-corrected chi connectivity index (χ1v) is 5.70. The molecule has 0 fully saturated rings. The molecular weight excluding hydrogens is 232 g/mol. The molecular formula is C13H18N2O3. The molecule has 0 aliphatic carbocycles. The van der Waals surface area contributed by atoms with E-state index in [0.29, 0.717) is 6.54 Å². The Morgan fingerprint density at radius 3 is 2.56 bits per heavy atom. The second kappa shape index (κ2) is 5.62. The molecule has 5 heteroatoms. The first-order chi connectivity index (χ1) is 8.33. The van der Waals surface area contributed by atoms with Gasteiger partial charge in [0, 0.05) is 19.7 Å². The van der Waals surface area contributed by atoms with Crippen LogP contribution in [0, 0.1) is 5.41 Å². The van der Waals surface area contributed by atoms with Gasteiger partial charge in [0.25, 0.3) is 0 Å². The van der Waals surface area contributed by atoms with Crippen LogP contribution in [0.1, 0.15) is 26.0 Å². The lowest BCUT2D eigenvalue weighted by atomic mass is 9.89. The molecule has 0 atom stereocenters. The Bertz CT molecular complexity index is 429. The molecule has 1 heterocycles. The van der Waals surface area contributed by atoms with Crippen LogP contribution in [-0.2, 0) is 16.1 Å². The van der Waals surface area contributed by atoms with Gasteiger partial charge in [-0.3, -0.25) is 14.6 Å². The monoisotopic (exact) mass is 250 g/mol. The van der Waals surface area contributed by atoms with E-state index in [1.807, 2.05) is 12.1 Å². The Hall–Kier alpha value is -1.91. The summed E-state index contributed by atoms with van der Waals surface area (Å²) in [6.45, 7) is 3.47. The third kappa shape index (κ3) is 3.84. The van der Waals surface area contributed by atoms with Gasteiger partial charge in [-0.25, -0.2) is 0 Å². The summed E-state index contributed by atoms with van der Waals surface area (Å²) in [5, 5.41) is 8.98. The van der Waals surface area contributed by atoms with Gasteiger partial charge in [0.1, 0.15) is 0 Å². The summed E-state index contributed by atoms with van der Waals surface area (Å²) >= 11 is 0. The molecule has 0 aliphatic heterocycles. The zero-order valence-corrected chi connectivity index (χ0v) is 10.9. The topological polar surface area (TPSA) is 70.5 Å². The van der Waals surface area contributed by atoms with Crippen molar-refractivity contribution in [1.82, 2.24) is 9.88 Å². The van der Waals surface area contributed by atoms with E-state index >= 15 is 0 Å². The minimum atomic E-state index is -1.05. The maximum atomic E-state index is 11.9. The van der Waals surface area contributed by atoms with Crippen molar-refractivity contribution in [2.45, 2.75) is 26.8 Å². The summed E-state index contributed by atoms with van der Waals surface area (Å²) in [7, 11) is 1.65. The van der Waals surface area contributed by atoms with Crippen LogP contribution in [0.5, 0.6) is 0 Å². The van der Waals surface area contributed by atoms with E-state index in [9.17, 15) is 9.59 Å². The van der Waals surface area contributed by atoms with Gasteiger partial charge in [-0.1, -0.05) is 6.07 Å². The number of carbonyl (C=O) groups excluding carboxylic acids is 1. The normalized spacial score (nSPS) is 11.1. The molecule has 0 unspecified atom stereocenters. The molecule has 5 nitrogen and oxygen atoms in total. The zero-order chi connectivity index (χ0) is 13.8. The van der Waals surface area contributed by atoms with Gasteiger partial charge in [-0.2, -0.15) is 0 Å². The molecule has 98 valence electrons. The zero-order valence-electron chi connectivity index (χ0n) is 10.9. The number of carboxylic acids is 1. The Labute approximate surface area is 106 Å². The predicted molar refractivity (Wildman–Crippen MR) is 66.7 cm³/mol. The van der Waals surface area contributed by atoms with Crippen molar-refractivity contribution in [2.75, 3.05) is 7.05 Å². The fraction of sp³-hybridized carbons (Fsp3) is 0.462. The average Bonchev–Trinajstić information content (AvgIpc) is 2.29. The van der Waals surface area contributed by atoms with E-state index in [4.69, 9.17) is 5.11 Å². The van der Waals surface area contributed by atoms with Crippen LogP contribution in [0.15, 0.2) is 24.4 Å². The number of hydrogen-bond donors (Lipinski definition) is 1. The van der Waals surface area contributed by atoms with Gasteiger partial charge in [0.2, 0.25) is 5.91 Å². The fourth-order valence-electron chi connectivity index (χ4n) is 1.41. The first kappa shape index (κ1) is 14.2. The van der Waals surface area contributed by atoms with Crippen LogP contribution in [0.4, 0.5) is 0 Å². The number of amides is 1. The molecule has 1 aromatic heterocycles. The maximum Gasteiger partial charge on any atom is 0.309 e. The standard InChI is InChI=1S/C13H18N2O3/c1-13(2,12(17)18)8-11(16)15(3)9-10-6-4-5-7-14-10/h4-7H,8-9H2,1-3H3,(H,17,18). The fourth-order valence-corrected chi connectivity index (χ4v) is 1.41. The predicted octanol–water partition coefficient (Wildman–Crippen LogP) is 1.54. The highest BCUT2D eigenvalue weighted by molar-refractivity contribution is 5.84. The molecule has 1 N–H and O–H groups in total. The Kier molecular flexibility index (Phi) is 4.42. The van der Waals surface area contributed by atoms with Crippen molar-refractivity contribution >= 4 is 11.9 Å². The summed E-state index contributed by atoms with van der Waals surface area (Å²) in [6, 6.07) is 5.48. The molecule has 1 amide bonds. The second-order valence-corrected chi connectivity index (χ2v) is 4.94. The number of carbonyl (C=O) groups is 2. The van der Waals surface area contributed by atoms with Gasteiger partial charge in [-0.15, -0.1) is 0 Å². The van der Waals surface area contributed by atoms with Crippen molar-refractivity contribution < 1.29 is 14.7 Å². The molecule has 0 spiro atoms. The van der Waals surface area contributed by atoms with Crippen molar-refractivity contribution in [3.05, 3.63) is 30.1 Å². The van der Waals surface area contributed by atoms with E-state index in [0.717, 1.165) is 5.69 Å². The molecule has 0 bridgehead atoms. The minimum Gasteiger partial charge on any atom is -0.481 e. The van der Waals surface area contributed by atoms with Gasteiger partial charge in [0.05, 0.1) is 17.7 Å². The Morgan fingerprint density at radius 2 is 2.06 bits per heavy atom. The first-order valence-electron chi connectivity index (χ1n) is 5.70. The van der Waals surface area contributed by atoms with Crippen molar-refractivity contribution in [3.63, 3.8) is 0 Å². The van der Waals surface area contributed by atoms with Crippen molar-refractivity contribution in [2.24, 2.45) is 5.41 Å². The van der Waals surface area contributed by atoms with Crippen LogP contribution in [-0.4, -0.2) is 33.9 Å². The number of carboxylic acid groups (broad SMARTS) is 1. The Balaban J connectivity index is 2.60. The smallest absolute Gasteiger partial charge is 0.309 e. The van der Waals surface area contributed by atoms with Crippen LogP contribution < -0.4 is 0 Å². The van der Waals surface area contributed by atoms with E-state index in [-0.39, 0.29) is 12.3 Å². The molecule has 0 aliphatic rings. The molecule has 0 radical (unpaired) electrons. The van der Waals surface area contributed by atoms with Gasteiger partial charge in [-0.05, 0) is 26.0 Å². The summed E-state index contributed by atoms with van der Waals surface area (Å²) in [6.07, 6.45) is 1.64. The third-order valence-corrected chi connectivity index (χ3v) is 2.72. The van der Waals surface area contributed by atoms with Crippen LogP contribution >= 0.6 is 0 Å². The largest absolute Gasteiger partial charge is 0.481 e. The molecule has 1 rings (SSSR count).